The van der Waals surface area contributed by atoms with Gasteiger partial charge < -0.3 is 10.2 Å². The first-order valence-electron chi connectivity index (χ1n) is 6.73. The van der Waals surface area contributed by atoms with E-state index in [1.165, 1.54) is 0 Å². The molecule has 1 unspecified atom stereocenters. The number of nitrogens with one attached hydrogen (secondary N) is 1. The molecule has 0 aliphatic carbocycles. The first-order chi connectivity index (χ1) is 8.72. The van der Waals surface area contributed by atoms with Gasteiger partial charge in [-0.2, -0.15) is 0 Å². The zero-order valence-electron chi connectivity index (χ0n) is 11.4. The Balaban J connectivity index is 2.37. The Morgan fingerprint density at radius 2 is 2.00 bits per heavy atom. The molecule has 1 N–H and O–H groups in total. The molecule has 1 atom stereocenters. The van der Waals surface area contributed by atoms with E-state index in [1.807, 2.05) is 17.1 Å². The van der Waals surface area contributed by atoms with Gasteiger partial charge in [0.15, 0.2) is 0 Å². The molecule has 102 valence electrons. The van der Waals surface area contributed by atoms with Crippen LogP contribution in [0.4, 0.5) is 4.79 Å². The van der Waals surface area contributed by atoms with E-state index >= 15 is 0 Å². The lowest BCUT2D eigenvalue weighted by atomic mass is 10.1. The van der Waals surface area contributed by atoms with Crippen LogP contribution in [0.5, 0.6) is 0 Å². The molecule has 0 bridgehead atoms. The summed E-state index contributed by atoms with van der Waals surface area (Å²) in [6.07, 6.45) is 5.79. The minimum Gasteiger partial charge on any atom is -0.338 e. The molecule has 1 saturated heterocycles. The van der Waals surface area contributed by atoms with Gasteiger partial charge in [-0.25, -0.2) is 4.79 Å². The molecule has 1 rings (SSSR count). The van der Waals surface area contributed by atoms with E-state index in [2.05, 4.69) is 30.3 Å². The number of urea groups is 1. The molecular formula is C14H25N3O. The number of carbonyl (C=O) groups excluding carboxylic acids is 1. The third-order valence-corrected chi connectivity index (χ3v) is 3.28. The molecule has 1 aliphatic rings. The topological polar surface area (TPSA) is 35.6 Å². The number of hydrogen-bond acceptors (Lipinski definition) is 2. The van der Waals surface area contributed by atoms with Gasteiger partial charge in [0, 0.05) is 38.8 Å². The lowest BCUT2D eigenvalue weighted by Gasteiger charge is -2.38. The predicted octanol–water partition coefficient (Wildman–Crippen LogP) is 1.85. The standard InChI is InChI=1S/C14H25N3O/c1-4-7-13(6-3)16-9-11-17(12-10-16)14(18)15-8-5-2/h4,6,13H,1,3,5,7-12H2,2H3,(H,15,18). The number of hydrogen-bond donors (Lipinski definition) is 1. The van der Waals surface area contributed by atoms with E-state index in [1.54, 1.807) is 0 Å². The summed E-state index contributed by atoms with van der Waals surface area (Å²) < 4.78 is 0. The smallest absolute Gasteiger partial charge is 0.317 e. The van der Waals surface area contributed by atoms with Gasteiger partial charge in [0.25, 0.3) is 0 Å². The summed E-state index contributed by atoms with van der Waals surface area (Å²) in [7, 11) is 0. The number of piperazine rings is 1. The molecule has 0 aromatic heterocycles. The molecule has 0 spiro atoms. The molecule has 0 saturated carbocycles. The fraction of sp³-hybridized carbons (Fsp3) is 0.643. The quantitative estimate of drug-likeness (QED) is 0.731. The Kier molecular flexibility index (Phi) is 6.50. The zero-order valence-corrected chi connectivity index (χ0v) is 11.4. The highest BCUT2D eigenvalue weighted by atomic mass is 16.2. The van der Waals surface area contributed by atoms with Crippen LogP contribution in [0.1, 0.15) is 19.8 Å². The number of carbonyl (C=O) groups is 1. The Morgan fingerprint density at radius 1 is 1.33 bits per heavy atom. The second kappa shape index (κ2) is 7.93. The first-order valence-corrected chi connectivity index (χ1v) is 6.73. The van der Waals surface area contributed by atoms with Crippen LogP contribution in [0.2, 0.25) is 0 Å². The first kappa shape index (κ1) is 14.8. The predicted molar refractivity (Wildman–Crippen MR) is 75.6 cm³/mol. The fourth-order valence-electron chi connectivity index (χ4n) is 2.17. The minimum atomic E-state index is 0.0652. The van der Waals surface area contributed by atoms with Crippen LogP contribution in [0.25, 0.3) is 0 Å². The Hall–Kier alpha value is -1.29. The van der Waals surface area contributed by atoms with E-state index in [4.69, 9.17) is 0 Å². The summed E-state index contributed by atoms with van der Waals surface area (Å²) in [4.78, 5) is 16.0. The van der Waals surface area contributed by atoms with Gasteiger partial charge in [0.1, 0.15) is 0 Å². The number of amides is 2. The molecule has 0 radical (unpaired) electrons. The van der Waals surface area contributed by atoms with Gasteiger partial charge in [-0.05, 0) is 12.8 Å². The second-order valence-corrected chi connectivity index (χ2v) is 4.58. The highest BCUT2D eigenvalue weighted by molar-refractivity contribution is 5.74. The van der Waals surface area contributed by atoms with Gasteiger partial charge >= 0.3 is 6.03 Å². The maximum atomic E-state index is 11.8. The monoisotopic (exact) mass is 251 g/mol. The van der Waals surface area contributed by atoms with Crippen molar-refractivity contribution in [1.29, 1.82) is 0 Å². The molecule has 1 aliphatic heterocycles. The summed E-state index contributed by atoms with van der Waals surface area (Å²) in [5, 5.41) is 2.92. The van der Waals surface area contributed by atoms with E-state index in [9.17, 15) is 4.79 Å². The van der Waals surface area contributed by atoms with Crippen LogP contribution < -0.4 is 5.32 Å². The van der Waals surface area contributed by atoms with E-state index in [0.29, 0.717) is 6.04 Å². The van der Waals surface area contributed by atoms with Crippen molar-refractivity contribution >= 4 is 6.03 Å². The highest BCUT2D eigenvalue weighted by Crippen LogP contribution is 2.10. The maximum absolute atomic E-state index is 11.8. The summed E-state index contributed by atoms with van der Waals surface area (Å²) >= 11 is 0. The minimum absolute atomic E-state index is 0.0652. The SMILES string of the molecule is C=CCC(C=C)N1CCN(C(=O)NCCC)CC1. The molecule has 0 aromatic rings. The average molecular weight is 251 g/mol. The van der Waals surface area contributed by atoms with Gasteiger partial charge in [-0.1, -0.05) is 19.1 Å². The molecule has 18 heavy (non-hydrogen) atoms. The normalized spacial score (nSPS) is 18.2. The second-order valence-electron chi connectivity index (χ2n) is 4.58. The van der Waals surface area contributed by atoms with Crippen molar-refractivity contribution in [3.63, 3.8) is 0 Å². The van der Waals surface area contributed by atoms with Crippen LogP contribution >= 0.6 is 0 Å². The number of rotatable bonds is 6. The molecule has 0 aromatic carbocycles. The van der Waals surface area contributed by atoms with Gasteiger partial charge in [0.2, 0.25) is 0 Å². The molecule has 1 heterocycles. The summed E-state index contributed by atoms with van der Waals surface area (Å²) in [5.74, 6) is 0. The zero-order chi connectivity index (χ0) is 13.4. The number of nitrogens with zero attached hydrogens (tertiary/aromatic N) is 2. The lowest BCUT2D eigenvalue weighted by molar-refractivity contribution is 0.123. The average Bonchev–Trinajstić information content (AvgIpc) is 2.42. The van der Waals surface area contributed by atoms with Crippen molar-refractivity contribution in [1.82, 2.24) is 15.1 Å². The summed E-state index contributed by atoms with van der Waals surface area (Å²) in [6.45, 7) is 13.8. The van der Waals surface area contributed by atoms with Crippen molar-refractivity contribution < 1.29 is 4.79 Å². The van der Waals surface area contributed by atoms with Crippen LogP contribution in [0.3, 0.4) is 0 Å². The molecule has 4 heteroatoms. The van der Waals surface area contributed by atoms with Gasteiger partial charge in [-0.3, -0.25) is 4.90 Å². The van der Waals surface area contributed by atoms with E-state index in [0.717, 1.165) is 45.6 Å². The fourth-order valence-corrected chi connectivity index (χ4v) is 2.17. The molecule has 2 amide bonds. The third kappa shape index (κ3) is 4.18. The van der Waals surface area contributed by atoms with Crippen molar-refractivity contribution in [3.8, 4) is 0 Å². The van der Waals surface area contributed by atoms with Crippen LogP contribution in [0, 0.1) is 0 Å². The van der Waals surface area contributed by atoms with Crippen molar-refractivity contribution in [2.45, 2.75) is 25.8 Å². The van der Waals surface area contributed by atoms with Crippen molar-refractivity contribution in [2.24, 2.45) is 0 Å². The Bertz CT molecular complexity index is 283. The Labute approximate surface area is 110 Å². The van der Waals surface area contributed by atoms with Gasteiger partial charge in [0.05, 0.1) is 0 Å². The molecular weight excluding hydrogens is 226 g/mol. The third-order valence-electron chi connectivity index (χ3n) is 3.28. The van der Waals surface area contributed by atoms with Crippen LogP contribution in [0.15, 0.2) is 25.3 Å². The summed E-state index contributed by atoms with van der Waals surface area (Å²) in [5.41, 5.74) is 0. The van der Waals surface area contributed by atoms with Gasteiger partial charge in [-0.15, -0.1) is 13.2 Å². The van der Waals surface area contributed by atoms with Crippen LogP contribution in [-0.2, 0) is 0 Å². The highest BCUT2D eigenvalue weighted by Gasteiger charge is 2.23. The van der Waals surface area contributed by atoms with Crippen molar-refractivity contribution in [2.75, 3.05) is 32.7 Å². The summed E-state index contributed by atoms with van der Waals surface area (Å²) in [6, 6.07) is 0.415. The lowest BCUT2D eigenvalue weighted by Crippen LogP contribution is -2.53. The molecule has 1 fully saturated rings. The van der Waals surface area contributed by atoms with E-state index < -0.39 is 0 Å². The molecule has 4 nitrogen and oxygen atoms in total. The Morgan fingerprint density at radius 3 is 2.50 bits per heavy atom. The van der Waals surface area contributed by atoms with E-state index in [-0.39, 0.29) is 6.03 Å². The largest absolute Gasteiger partial charge is 0.338 e. The van der Waals surface area contributed by atoms with Crippen LogP contribution in [-0.4, -0.2) is 54.6 Å². The van der Waals surface area contributed by atoms with Crippen molar-refractivity contribution in [3.05, 3.63) is 25.3 Å². The maximum Gasteiger partial charge on any atom is 0.317 e.